The molecule has 2 aliphatic rings. The maximum absolute atomic E-state index is 13.3. The zero-order valence-corrected chi connectivity index (χ0v) is 17.1. The summed E-state index contributed by atoms with van der Waals surface area (Å²) >= 11 is 0. The number of piperidine rings is 1. The fourth-order valence-electron chi connectivity index (χ4n) is 4.41. The van der Waals surface area contributed by atoms with Crippen LogP contribution in [-0.2, 0) is 9.59 Å². The lowest BCUT2D eigenvalue weighted by Gasteiger charge is -2.37. The summed E-state index contributed by atoms with van der Waals surface area (Å²) in [5.41, 5.74) is 3.23. The highest BCUT2D eigenvalue weighted by atomic mass is 16.2. The van der Waals surface area contributed by atoms with Crippen molar-refractivity contribution in [3.63, 3.8) is 0 Å². The molecule has 2 aliphatic heterocycles. The number of unbranched alkanes of at least 4 members (excludes halogenated alkanes) is 2. The van der Waals surface area contributed by atoms with E-state index < -0.39 is 0 Å². The molecule has 1 aromatic carbocycles. The van der Waals surface area contributed by atoms with E-state index in [4.69, 9.17) is 0 Å². The lowest BCUT2D eigenvalue weighted by Crippen LogP contribution is -2.42. The van der Waals surface area contributed by atoms with E-state index in [0.29, 0.717) is 29.7 Å². The van der Waals surface area contributed by atoms with Crippen molar-refractivity contribution in [2.75, 3.05) is 19.6 Å². The summed E-state index contributed by atoms with van der Waals surface area (Å²) in [6.07, 6.45) is 4.15. The molecule has 1 saturated heterocycles. The number of nitrogens with zero attached hydrogens (tertiary/aromatic N) is 2. The molecular weight excluding hydrogens is 336 g/mol. The largest absolute Gasteiger partial charge is 0.366 e. The van der Waals surface area contributed by atoms with Gasteiger partial charge in [0.05, 0.1) is 5.57 Å². The minimum atomic E-state index is -0.124. The molecule has 2 heterocycles. The van der Waals surface area contributed by atoms with E-state index >= 15 is 0 Å². The van der Waals surface area contributed by atoms with E-state index in [2.05, 4.69) is 25.7 Å². The third-order valence-corrected chi connectivity index (χ3v) is 5.65. The van der Waals surface area contributed by atoms with Gasteiger partial charge in [-0.3, -0.25) is 14.5 Å². The van der Waals surface area contributed by atoms with Crippen LogP contribution in [0.5, 0.6) is 0 Å². The second kappa shape index (κ2) is 8.28. The summed E-state index contributed by atoms with van der Waals surface area (Å²) in [7, 11) is 0. The summed E-state index contributed by atoms with van der Waals surface area (Å²) in [4.78, 5) is 30.2. The highest BCUT2D eigenvalue weighted by Gasteiger charge is 2.42. The van der Waals surface area contributed by atoms with Gasteiger partial charge in [-0.25, -0.2) is 0 Å². The van der Waals surface area contributed by atoms with Crippen molar-refractivity contribution in [2.45, 2.75) is 53.4 Å². The first-order valence-electron chi connectivity index (χ1n) is 10.3. The predicted molar refractivity (Wildman–Crippen MR) is 109 cm³/mol. The molecule has 27 heavy (non-hydrogen) atoms. The highest BCUT2D eigenvalue weighted by molar-refractivity contribution is 6.35. The minimum Gasteiger partial charge on any atom is -0.366 e. The van der Waals surface area contributed by atoms with Crippen molar-refractivity contribution in [3.05, 3.63) is 41.1 Å². The Kier molecular flexibility index (Phi) is 6.03. The van der Waals surface area contributed by atoms with Crippen molar-refractivity contribution in [1.29, 1.82) is 0 Å². The standard InChI is InChI=1S/C23H32N2O2/c1-5-6-7-12-25-22(26)20(19-10-8-16(2)9-11-19)21(23(25)27)24-14-17(3)13-18(4)15-24/h8-11,17-18H,5-7,12-15H2,1-4H3. The van der Waals surface area contributed by atoms with Gasteiger partial charge in [-0.15, -0.1) is 0 Å². The van der Waals surface area contributed by atoms with Crippen LogP contribution in [0.25, 0.3) is 5.57 Å². The monoisotopic (exact) mass is 368 g/mol. The Labute approximate surface area is 163 Å². The summed E-state index contributed by atoms with van der Waals surface area (Å²) in [5, 5.41) is 0. The molecule has 0 radical (unpaired) electrons. The van der Waals surface area contributed by atoms with Crippen molar-refractivity contribution in [1.82, 2.24) is 9.80 Å². The highest BCUT2D eigenvalue weighted by Crippen LogP contribution is 2.35. The van der Waals surface area contributed by atoms with Crippen molar-refractivity contribution >= 4 is 17.4 Å². The third-order valence-electron chi connectivity index (χ3n) is 5.65. The number of carbonyl (C=O) groups excluding carboxylic acids is 2. The van der Waals surface area contributed by atoms with Gasteiger partial charge < -0.3 is 4.90 Å². The number of hydrogen-bond donors (Lipinski definition) is 0. The van der Waals surface area contributed by atoms with Crippen LogP contribution in [0.15, 0.2) is 30.0 Å². The predicted octanol–water partition coefficient (Wildman–Crippen LogP) is 4.24. The Hall–Kier alpha value is -2.10. The maximum Gasteiger partial charge on any atom is 0.277 e. The molecule has 1 fully saturated rings. The van der Waals surface area contributed by atoms with Crippen LogP contribution < -0.4 is 0 Å². The molecule has 0 N–H and O–H groups in total. The van der Waals surface area contributed by atoms with Crippen LogP contribution >= 0.6 is 0 Å². The molecule has 0 bridgehead atoms. The van der Waals surface area contributed by atoms with Crippen LogP contribution in [0.3, 0.4) is 0 Å². The van der Waals surface area contributed by atoms with Gasteiger partial charge in [0, 0.05) is 19.6 Å². The zero-order valence-electron chi connectivity index (χ0n) is 17.1. The molecule has 4 heteroatoms. The van der Waals surface area contributed by atoms with Gasteiger partial charge in [0.1, 0.15) is 5.70 Å². The third kappa shape index (κ3) is 4.10. The average Bonchev–Trinajstić information content (AvgIpc) is 2.86. The second-order valence-corrected chi connectivity index (χ2v) is 8.41. The number of imide groups is 1. The number of hydrogen-bond acceptors (Lipinski definition) is 3. The lowest BCUT2D eigenvalue weighted by molar-refractivity contribution is -0.137. The van der Waals surface area contributed by atoms with Gasteiger partial charge in [0.25, 0.3) is 11.8 Å². The number of likely N-dealkylation sites (tertiary alicyclic amines) is 1. The number of rotatable bonds is 6. The Morgan fingerprint density at radius 1 is 0.963 bits per heavy atom. The Bertz CT molecular complexity index is 725. The van der Waals surface area contributed by atoms with Crippen molar-refractivity contribution in [2.24, 2.45) is 11.8 Å². The number of benzene rings is 1. The van der Waals surface area contributed by atoms with Crippen molar-refractivity contribution < 1.29 is 9.59 Å². The van der Waals surface area contributed by atoms with Crippen LogP contribution in [0.4, 0.5) is 0 Å². The normalized spacial score (nSPS) is 23.6. The molecule has 0 aliphatic carbocycles. The van der Waals surface area contributed by atoms with Gasteiger partial charge in [0.2, 0.25) is 0 Å². The van der Waals surface area contributed by atoms with E-state index in [-0.39, 0.29) is 11.8 Å². The first-order valence-corrected chi connectivity index (χ1v) is 10.3. The molecular formula is C23H32N2O2. The fraction of sp³-hybridized carbons (Fsp3) is 0.565. The molecule has 0 spiro atoms. The SMILES string of the molecule is CCCCCN1C(=O)C(c2ccc(C)cc2)=C(N2CC(C)CC(C)C2)C1=O. The van der Waals surface area contributed by atoms with E-state index in [1.807, 2.05) is 31.2 Å². The van der Waals surface area contributed by atoms with Crippen LogP contribution in [0.2, 0.25) is 0 Å². The lowest BCUT2D eigenvalue weighted by atomic mass is 9.91. The molecule has 2 amide bonds. The molecule has 3 rings (SSSR count). The molecule has 2 atom stereocenters. The molecule has 1 aromatic rings. The Morgan fingerprint density at radius 3 is 2.19 bits per heavy atom. The smallest absolute Gasteiger partial charge is 0.277 e. The Morgan fingerprint density at radius 2 is 1.59 bits per heavy atom. The van der Waals surface area contributed by atoms with Crippen LogP contribution in [0.1, 0.15) is 57.6 Å². The van der Waals surface area contributed by atoms with Crippen molar-refractivity contribution in [3.8, 4) is 0 Å². The summed E-state index contributed by atoms with van der Waals surface area (Å²) < 4.78 is 0. The average molecular weight is 369 g/mol. The first-order chi connectivity index (χ1) is 12.9. The molecule has 4 nitrogen and oxygen atoms in total. The van der Waals surface area contributed by atoms with Gasteiger partial charge in [-0.1, -0.05) is 63.4 Å². The van der Waals surface area contributed by atoms with Crippen LogP contribution in [0, 0.1) is 18.8 Å². The molecule has 0 aromatic heterocycles. The summed E-state index contributed by atoms with van der Waals surface area (Å²) in [6, 6.07) is 7.97. The number of amides is 2. The maximum atomic E-state index is 13.3. The van der Waals surface area contributed by atoms with Gasteiger partial charge in [-0.2, -0.15) is 0 Å². The summed E-state index contributed by atoms with van der Waals surface area (Å²) in [6.45, 7) is 10.8. The fourth-order valence-corrected chi connectivity index (χ4v) is 4.41. The summed E-state index contributed by atoms with van der Waals surface area (Å²) in [5.74, 6) is 0.823. The number of carbonyl (C=O) groups is 2. The van der Waals surface area contributed by atoms with Gasteiger partial charge in [0.15, 0.2) is 0 Å². The molecule has 0 saturated carbocycles. The van der Waals surface area contributed by atoms with Gasteiger partial charge >= 0.3 is 0 Å². The number of aryl methyl sites for hydroxylation is 1. The van der Waals surface area contributed by atoms with E-state index in [1.165, 1.54) is 11.3 Å². The second-order valence-electron chi connectivity index (χ2n) is 8.41. The quantitative estimate of drug-likeness (QED) is 0.557. The van der Waals surface area contributed by atoms with Gasteiger partial charge in [-0.05, 0) is 37.2 Å². The van der Waals surface area contributed by atoms with E-state index in [9.17, 15) is 9.59 Å². The Balaban J connectivity index is 1.99. The molecule has 2 unspecified atom stereocenters. The molecule has 146 valence electrons. The van der Waals surface area contributed by atoms with E-state index in [0.717, 1.165) is 43.5 Å². The van der Waals surface area contributed by atoms with E-state index in [1.54, 1.807) is 0 Å². The van der Waals surface area contributed by atoms with Crippen LogP contribution in [-0.4, -0.2) is 41.2 Å². The topological polar surface area (TPSA) is 40.6 Å². The zero-order chi connectivity index (χ0) is 19.6. The first kappa shape index (κ1) is 19.7. The minimum absolute atomic E-state index is 0.104.